The molecule has 4 bridgehead atoms. The zero-order valence-corrected chi connectivity index (χ0v) is 24.3. The predicted molar refractivity (Wildman–Crippen MR) is 169 cm³/mol. The summed E-state index contributed by atoms with van der Waals surface area (Å²) < 4.78 is 2.81. The van der Waals surface area contributed by atoms with E-state index >= 15 is 0 Å². The molecule has 0 saturated heterocycles. The van der Waals surface area contributed by atoms with E-state index in [-0.39, 0.29) is 5.41 Å². The lowest BCUT2D eigenvalue weighted by atomic mass is 9.48. The van der Waals surface area contributed by atoms with Crippen LogP contribution in [0.25, 0.3) is 42.4 Å². The lowest BCUT2D eigenvalue weighted by Crippen LogP contribution is -2.48. The summed E-state index contributed by atoms with van der Waals surface area (Å²) in [4.78, 5) is 0. The topological polar surface area (TPSA) is 0 Å². The summed E-state index contributed by atoms with van der Waals surface area (Å²) in [5.74, 6) is 2.96. The summed E-state index contributed by atoms with van der Waals surface area (Å²) in [6.45, 7) is 7.10. The fourth-order valence-electron chi connectivity index (χ4n) is 9.01. The van der Waals surface area contributed by atoms with Crippen LogP contribution in [0.5, 0.6) is 0 Å². The Labute approximate surface area is 237 Å². The highest BCUT2D eigenvalue weighted by molar-refractivity contribution is 7.26. The molecule has 0 unspecified atom stereocenters. The predicted octanol–water partition coefficient (Wildman–Crippen LogP) is 11.2. The number of hydrogen-bond donors (Lipinski definition) is 0. The maximum Gasteiger partial charge on any atom is 0.0433 e. The molecule has 1 heterocycles. The van der Waals surface area contributed by atoms with Gasteiger partial charge in [-0.05, 0) is 113 Å². The highest BCUT2D eigenvalue weighted by Crippen LogP contribution is 2.60. The first-order valence-corrected chi connectivity index (χ1v) is 15.8. The van der Waals surface area contributed by atoms with Gasteiger partial charge in [-0.25, -0.2) is 0 Å². The summed E-state index contributed by atoms with van der Waals surface area (Å²) in [7, 11) is 0. The van der Waals surface area contributed by atoms with Crippen LogP contribution < -0.4 is 0 Å². The zero-order chi connectivity index (χ0) is 26.4. The van der Waals surface area contributed by atoms with E-state index in [0.717, 1.165) is 17.8 Å². The molecular formula is C38H38S. The molecule has 0 atom stereocenters. The molecule has 4 fully saturated rings. The first kappa shape index (κ1) is 23.9. The lowest BCUT2D eigenvalue weighted by Gasteiger charge is -2.57. The molecule has 1 aromatic heterocycles. The van der Waals surface area contributed by atoms with Crippen molar-refractivity contribution < 1.29 is 0 Å². The van der Waals surface area contributed by atoms with E-state index in [1.807, 2.05) is 11.3 Å². The monoisotopic (exact) mass is 526 g/mol. The van der Waals surface area contributed by atoms with E-state index < -0.39 is 0 Å². The van der Waals surface area contributed by atoms with Crippen LogP contribution in [0.1, 0.15) is 70.4 Å². The third-order valence-corrected chi connectivity index (χ3v) is 11.5. The van der Waals surface area contributed by atoms with Crippen LogP contribution in [0.3, 0.4) is 0 Å². The van der Waals surface area contributed by atoms with Crippen molar-refractivity contribution in [3.8, 4) is 22.3 Å². The van der Waals surface area contributed by atoms with Crippen LogP contribution >= 0.6 is 11.3 Å². The van der Waals surface area contributed by atoms with Crippen LogP contribution in [-0.4, -0.2) is 0 Å². The molecule has 0 nitrogen and oxygen atoms in total. The molecule has 5 aromatic rings. The molecule has 4 saturated carbocycles. The molecule has 4 aliphatic carbocycles. The normalized spacial score (nSPS) is 26.1. The first-order chi connectivity index (χ1) is 18.9. The molecular weight excluding hydrogens is 488 g/mol. The Morgan fingerprint density at radius 1 is 0.667 bits per heavy atom. The maximum absolute atomic E-state index is 2.50. The molecule has 0 spiro atoms. The van der Waals surface area contributed by atoms with E-state index in [1.165, 1.54) is 86.5 Å². The summed E-state index contributed by atoms with van der Waals surface area (Å²) in [5, 5.41) is 2.83. The second-order valence-electron chi connectivity index (χ2n) is 14.1. The van der Waals surface area contributed by atoms with Gasteiger partial charge in [-0.3, -0.25) is 0 Å². The van der Waals surface area contributed by atoms with Crippen LogP contribution in [0.4, 0.5) is 0 Å². The zero-order valence-electron chi connectivity index (χ0n) is 23.5. The van der Waals surface area contributed by atoms with E-state index in [1.54, 1.807) is 5.56 Å². The van der Waals surface area contributed by atoms with Crippen molar-refractivity contribution in [1.82, 2.24) is 0 Å². The maximum atomic E-state index is 2.50. The minimum atomic E-state index is 0.0597. The summed E-state index contributed by atoms with van der Waals surface area (Å²) in [6.07, 6.45) is 8.83. The van der Waals surface area contributed by atoms with Gasteiger partial charge in [0.25, 0.3) is 0 Å². The van der Waals surface area contributed by atoms with Gasteiger partial charge in [-0.15, -0.1) is 11.3 Å². The third kappa shape index (κ3) is 3.84. The fraction of sp³-hybridized carbons (Fsp3) is 0.368. The average Bonchev–Trinajstić information content (AvgIpc) is 3.30. The Balaban J connectivity index is 1.25. The van der Waals surface area contributed by atoms with Crippen molar-refractivity contribution in [2.75, 3.05) is 0 Å². The van der Waals surface area contributed by atoms with Crippen molar-refractivity contribution in [3.05, 3.63) is 96.1 Å². The molecule has 9 rings (SSSR count). The molecule has 196 valence electrons. The number of fused-ring (bicyclic) bond motifs is 3. The van der Waals surface area contributed by atoms with Crippen LogP contribution in [-0.2, 0) is 10.8 Å². The Bertz CT molecular complexity index is 1660. The first-order valence-electron chi connectivity index (χ1n) is 15.0. The second kappa shape index (κ2) is 8.55. The quantitative estimate of drug-likeness (QED) is 0.219. The van der Waals surface area contributed by atoms with E-state index in [2.05, 4.69) is 106 Å². The van der Waals surface area contributed by atoms with Crippen molar-refractivity contribution in [1.29, 1.82) is 0 Å². The molecule has 0 radical (unpaired) electrons. The summed E-state index contributed by atoms with van der Waals surface area (Å²) >= 11 is 1.96. The number of benzene rings is 4. The highest BCUT2D eigenvalue weighted by atomic mass is 32.1. The number of rotatable bonds is 3. The van der Waals surface area contributed by atoms with E-state index in [0.29, 0.717) is 5.41 Å². The van der Waals surface area contributed by atoms with Gasteiger partial charge in [0.15, 0.2) is 0 Å². The molecule has 39 heavy (non-hydrogen) atoms. The van der Waals surface area contributed by atoms with E-state index in [9.17, 15) is 0 Å². The van der Waals surface area contributed by atoms with Crippen LogP contribution in [0.2, 0.25) is 0 Å². The Morgan fingerprint density at radius 3 is 1.97 bits per heavy atom. The molecule has 1 heteroatoms. The largest absolute Gasteiger partial charge is 0.135 e. The molecule has 0 N–H and O–H groups in total. The Morgan fingerprint density at radius 2 is 1.33 bits per heavy atom. The van der Waals surface area contributed by atoms with Crippen LogP contribution in [0.15, 0.2) is 84.9 Å². The smallest absolute Gasteiger partial charge is 0.0433 e. The minimum Gasteiger partial charge on any atom is -0.135 e. The highest BCUT2D eigenvalue weighted by Gasteiger charge is 2.51. The Hall–Kier alpha value is -2.90. The van der Waals surface area contributed by atoms with E-state index in [4.69, 9.17) is 0 Å². The number of hydrogen-bond acceptors (Lipinski definition) is 1. The Kier molecular flexibility index (Phi) is 5.25. The standard InChI is InChI=1S/C38H38S/c1-37(2,3)33-19-29(20-34-35(33)32-11-7-10-31(36(32)39-34)28-8-5-4-6-9-28)27-12-14-30(15-13-27)38-21-24-16-25(22-38)18-26(17-24)23-38/h4-15,19-20,24-26H,16-18,21-23H2,1-3H3. The van der Waals surface area contributed by atoms with Crippen molar-refractivity contribution in [2.24, 2.45) is 17.8 Å². The summed E-state index contributed by atoms with van der Waals surface area (Å²) in [5.41, 5.74) is 8.96. The minimum absolute atomic E-state index is 0.0597. The van der Waals surface area contributed by atoms with Crippen molar-refractivity contribution in [2.45, 2.75) is 70.1 Å². The molecule has 0 aliphatic heterocycles. The lowest BCUT2D eigenvalue weighted by molar-refractivity contribution is -0.00518. The van der Waals surface area contributed by atoms with Crippen LogP contribution in [0, 0.1) is 17.8 Å². The molecule has 4 aromatic carbocycles. The average molecular weight is 527 g/mol. The van der Waals surface area contributed by atoms with Crippen molar-refractivity contribution in [3.63, 3.8) is 0 Å². The van der Waals surface area contributed by atoms with Gasteiger partial charge >= 0.3 is 0 Å². The van der Waals surface area contributed by atoms with Gasteiger partial charge in [-0.1, -0.05) is 93.6 Å². The molecule has 4 aliphatic rings. The fourth-order valence-corrected chi connectivity index (χ4v) is 10.3. The van der Waals surface area contributed by atoms with Gasteiger partial charge < -0.3 is 0 Å². The third-order valence-electron chi connectivity index (χ3n) is 10.4. The number of thiophene rings is 1. The van der Waals surface area contributed by atoms with Gasteiger partial charge in [0.1, 0.15) is 0 Å². The van der Waals surface area contributed by atoms with Gasteiger partial charge in [0, 0.05) is 20.2 Å². The second-order valence-corrected chi connectivity index (χ2v) is 15.1. The summed E-state index contributed by atoms with van der Waals surface area (Å²) in [6, 6.07) is 32.5. The SMILES string of the molecule is CC(C)(C)c1cc(-c2ccc(C34CC5CC(CC(C5)C3)C4)cc2)cc2sc3c(-c4ccccc4)cccc3c12. The van der Waals surface area contributed by atoms with Gasteiger partial charge in [0.05, 0.1) is 0 Å². The van der Waals surface area contributed by atoms with Gasteiger partial charge in [0.2, 0.25) is 0 Å². The molecule has 0 amide bonds. The van der Waals surface area contributed by atoms with Crippen molar-refractivity contribution >= 4 is 31.5 Å². The van der Waals surface area contributed by atoms with Gasteiger partial charge in [-0.2, -0.15) is 0 Å².